The van der Waals surface area contributed by atoms with Crippen molar-refractivity contribution in [3.8, 4) is 0 Å². The Morgan fingerprint density at radius 2 is 1.83 bits per heavy atom. The highest BCUT2D eigenvalue weighted by Gasteiger charge is 2.35. The van der Waals surface area contributed by atoms with Crippen LogP contribution in [0.15, 0.2) is 44.4 Å². The van der Waals surface area contributed by atoms with Crippen molar-refractivity contribution in [3.63, 3.8) is 0 Å². The van der Waals surface area contributed by atoms with E-state index in [2.05, 4.69) is 4.74 Å². The van der Waals surface area contributed by atoms with Crippen molar-refractivity contribution >= 4 is 46.0 Å². The molecule has 1 aliphatic rings. The minimum absolute atomic E-state index is 0.00297. The van der Waals surface area contributed by atoms with Crippen LogP contribution in [0.2, 0.25) is 0 Å². The molecule has 1 fully saturated rings. The predicted molar refractivity (Wildman–Crippen MR) is 110 cm³/mol. The van der Waals surface area contributed by atoms with Crippen molar-refractivity contribution in [1.29, 1.82) is 0 Å². The monoisotopic (exact) mass is 427 g/mol. The van der Waals surface area contributed by atoms with Crippen LogP contribution in [0.3, 0.4) is 0 Å². The van der Waals surface area contributed by atoms with Crippen LogP contribution in [0.25, 0.3) is 17.1 Å². The molecule has 1 aromatic carbocycles. The van der Waals surface area contributed by atoms with Crippen molar-refractivity contribution in [2.45, 2.75) is 6.54 Å². The molecule has 3 heterocycles. The fraction of sp³-hybridized carbons (Fsp3) is 0.200. The van der Waals surface area contributed by atoms with Gasteiger partial charge < -0.3 is 9.15 Å². The van der Waals surface area contributed by atoms with Gasteiger partial charge in [0.05, 0.1) is 29.6 Å². The minimum Gasteiger partial charge on any atom is -0.463 e. The molecular formula is C20H17N3O6S. The Morgan fingerprint density at radius 3 is 2.57 bits per heavy atom. The van der Waals surface area contributed by atoms with Crippen LogP contribution in [-0.4, -0.2) is 38.3 Å². The topological polar surface area (TPSA) is 104 Å². The minimum atomic E-state index is -0.638. The summed E-state index contributed by atoms with van der Waals surface area (Å²) in [4.78, 5) is 50.0. The first-order valence-electron chi connectivity index (χ1n) is 8.88. The number of imidazole rings is 1. The molecule has 1 saturated heterocycles. The van der Waals surface area contributed by atoms with Crippen molar-refractivity contribution in [1.82, 2.24) is 14.0 Å². The van der Waals surface area contributed by atoms with Crippen LogP contribution in [0.1, 0.15) is 21.9 Å². The SMILES string of the molecule is COC(=O)c1ccc(CN2C(=O)S/C(=C/c3ccc4c(c3)n(C)c(=O)n4C)C2=O)o1. The van der Waals surface area contributed by atoms with E-state index in [0.29, 0.717) is 11.3 Å². The molecule has 0 atom stereocenters. The standard InChI is InChI=1S/C20H17N3O6S/c1-21-13-6-4-11(8-14(13)22(2)19(21)26)9-16-17(24)23(20(27)30-16)10-12-5-7-15(29-12)18(25)28-3/h4-9H,10H2,1-3H3/b16-9+. The van der Waals surface area contributed by atoms with Gasteiger partial charge in [0.25, 0.3) is 11.1 Å². The first kappa shape index (κ1) is 19.8. The number of furan rings is 1. The molecule has 4 rings (SSSR count). The van der Waals surface area contributed by atoms with Gasteiger partial charge in [0.2, 0.25) is 5.76 Å². The van der Waals surface area contributed by atoms with Gasteiger partial charge in [-0.25, -0.2) is 9.59 Å². The van der Waals surface area contributed by atoms with Gasteiger partial charge in [0, 0.05) is 14.1 Å². The number of hydrogen-bond acceptors (Lipinski definition) is 7. The van der Waals surface area contributed by atoms with Crippen molar-refractivity contribution < 1.29 is 23.5 Å². The summed E-state index contributed by atoms with van der Waals surface area (Å²) in [6.07, 6.45) is 1.61. The number of amides is 2. The zero-order chi connectivity index (χ0) is 21.6. The highest BCUT2D eigenvalue weighted by molar-refractivity contribution is 8.18. The molecule has 0 aliphatic carbocycles. The number of nitrogens with zero attached hydrogens (tertiary/aromatic N) is 3. The van der Waals surface area contributed by atoms with Crippen LogP contribution in [0, 0.1) is 0 Å². The molecule has 0 saturated carbocycles. The number of carbonyl (C=O) groups excluding carboxylic acids is 3. The van der Waals surface area contributed by atoms with Crippen molar-refractivity contribution in [2.75, 3.05) is 7.11 Å². The van der Waals surface area contributed by atoms with E-state index in [1.54, 1.807) is 42.9 Å². The summed E-state index contributed by atoms with van der Waals surface area (Å²) in [5.74, 6) is -0.805. The fourth-order valence-corrected chi connectivity index (χ4v) is 4.07. The third-order valence-corrected chi connectivity index (χ3v) is 5.74. The number of esters is 1. The number of fused-ring (bicyclic) bond motifs is 1. The summed E-state index contributed by atoms with van der Waals surface area (Å²) in [5.41, 5.74) is 2.04. The molecule has 0 unspecified atom stereocenters. The van der Waals surface area contributed by atoms with Crippen LogP contribution >= 0.6 is 11.8 Å². The molecule has 0 N–H and O–H groups in total. The van der Waals surface area contributed by atoms with E-state index in [9.17, 15) is 19.2 Å². The lowest BCUT2D eigenvalue weighted by Crippen LogP contribution is -2.27. The van der Waals surface area contributed by atoms with Crippen LogP contribution in [-0.2, 0) is 30.2 Å². The van der Waals surface area contributed by atoms with Crippen LogP contribution < -0.4 is 5.69 Å². The van der Waals surface area contributed by atoms with Crippen molar-refractivity contribution in [2.24, 2.45) is 14.1 Å². The fourth-order valence-electron chi connectivity index (χ4n) is 3.23. The number of benzene rings is 1. The normalized spacial score (nSPS) is 15.6. The summed E-state index contributed by atoms with van der Waals surface area (Å²) in [6.45, 7) is -0.0920. The van der Waals surface area contributed by atoms with Gasteiger partial charge in [-0.2, -0.15) is 0 Å². The number of thioether (sulfide) groups is 1. The first-order chi connectivity index (χ1) is 14.3. The van der Waals surface area contributed by atoms with Gasteiger partial charge >= 0.3 is 11.7 Å². The number of ether oxygens (including phenoxy) is 1. The summed E-state index contributed by atoms with van der Waals surface area (Å²) in [5, 5.41) is -0.435. The maximum Gasteiger partial charge on any atom is 0.373 e. The van der Waals surface area contributed by atoms with E-state index in [-0.39, 0.29) is 22.9 Å². The first-order valence-corrected chi connectivity index (χ1v) is 9.69. The lowest BCUT2D eigenvalue weighted by Gasteiger charge is -2.09. The van der Waals surface area contributed by atoms with Gasteiger partial charge in [-0.3, -0.25) is 23.6 Å². The summed E-state index contributed by atoms with van der Waals surface area (Å²) < 4.78 is 13.0. The summed E-state index contributed by atoms with van der Waals surface area (Å²) >= 11 is 0.823. The Bertz CT molecular complexity index is 1300. The van der Waals surface area contributed by atoms with E-state index in [0.717, 1.165) is 27.7 Å². The van der Waals surface area contributed by atoms with E-state index in [1.165, 1.54) is 23.8 Å². The third kappa shape index (κ3) is 3.24. The zero-order valence-electron chi connectivity index (χ0n) is 16.4. The number of aromatic nitrogens is 2. The van der Waals surface area contributed by atoms with E-state index < -0.39 is 17.1 Å². The smallest absolute Gasteiger partial charge is 0.373 e. The third-order valence-electron chi connectivity index (χ3n) is 4.83. The van der Waals surface area contributed by atoms with Crippen molar-refractivity contribution in [3.05, 3.63) is 62.8 Å². The Balaban J connectivity index is 1.59. The molecule has 10 heteroatoms. The predicted octanol–water partition coefficient (Wildman–Crippen LogP) is 2.49. The molecule has 2 aromatic heterocycles. The van der Waals surface area contributed by atoms with E-state index >= 15 is 0 Å². The second kappa shape index (κ2) is 7.38. The lowest BCUT2D eigenvalue weighted by atomic mass is 10.2. The second-order valence-electron chi connectivity index (χ2n) is 6.67. The quantitative estimate of drug-likeness (QED) is 0.465. The molecule has 154 valence electrons. The largest absolute Gasteiger partial charge is 0.463 e. The number of methoxy groups -OCH3 is 1. The number of imide groups is 1. The Hall–Kier alpha value is -3.53. The zero-order valence-corrected chi connectivity index (χ0v) is 17.2. The van der Waals surface area contributed by atoms with E-state index in [1.807, 2.05) is 0 Å². The number of aryl methyl sites for hydroxylation is 2. The van der Waals surface area contributed by atoms with Crippen LogP contribution in [0.5, 0.6) is 0 Å². The number of rotatable bonds is 4. The summed E-state index contributed by atoms with van der Waals surface area (Å²) in [7, 11) is 4.60. The molecule has 0 spiro atoms. The lowest BCUT2D eigenvalue weighted by molar-refractivity contribution is -0.123. The molecule has 2 amide bonds. The highest BCUT2D eigenvalue weighted by atomic mass is 32.2. The molecular weight excluding hydrogens is 410 g/mol. The van der Waals surface area contributed by atoms with Gasteiger partial charge in [-0.1, -0.05) is 6.07 Å². The van der Waals surface area contributed by atoms with Crippen LogP contribution in [0.4, 0.5) is 4.79 Å². The molecule has 30 heavy (non-hydrogen) atoms. The molecule has 1 aliphatic heterocycles. The maximum absolute atomic E-state index is 12.7. The molecule has 9 nitrogen and oxygen atoms in total. The maximum atomic E-state index is 12.7. The average molecular weight is 427 g/mol. The Labute approximate surface area is 174 Å². The Kier molecular flexibility index (Phi) is 4.86. The van der Waals surface area contributed by atoms with E-state index in [4.69, 9.17) is 4.42 Å². The van der Waals surface area contributed by atoms with Gasteiger partial charge in [0.1, 0.15) is 5.76 Å². The summed E-state index contributed by atoms with van der Waals surface area (Å²) in [6, 6.07) is 8.31. The van der Waals surface area contributed by atoms with Gasteiger partial charge in [-0.15, -0.1) is 0 Å². The highest BCUT2D eigenvalue weighted by Crippen LogP contribution is 2.33. The average Bonchev–Trinajstić information content (AvgIpc) is 3.37. The number of carbonyl (C=O) groups is 3. The molecule has 0 bridgehead atoms. The van der Waals surface area contributed by atoms with Gasteiger partial charge in [0.15, 0.2) is 0 Å². The molecule has 3 aromatic rings. The second-order valence-corrected chi connectivity index (χ2v) is 7.67. The van der Waals surface area contributed by atoms with Gasteiger partial charge in [-0.05, 0) is 47.7 Å². The molecule has 0 radical (unpaired) electrons. The Morgan fingerprint density at radius 1 is 1.10 bits per heavy atom. The number of hydrogen-bond donors (Lipinski definition) is 0.